The van der Waals surface area contributed by atoms with Gasteiger partial charge in [-0.2, -0.15) is 0 Å². The van der Waals surface area contributed by atoms with E-state index >= 15 is 0 Å². The highest BCUT2D eigenvalue weighted by atomic mass is 16.5. The van der Waals surface area contributed by atoms with E-state index in [1.54, 1.807) is 7.11 Å². The predicted octanol–water partition coefficient (Wildman–Crippen LogP) is 4.96. The molecule has 0 bridgehead atoms. The van der Waals surface area contributed by atoms with Gasteiger partial charge in [0.05, 0.1) is 24.0 Å². The van der Waals surface area contributed by atoms with Gasteiger partial charge in [-0.3, -0.25) is 0 Å². The minimum atomic E-state index is 0.784. The summed E-state index contributed by atoms with van der Waals surface area (Å²) in [5.41, 5.74) is 3.65. The monoisotopic (exact) mass is 312 g/mol. The highest BCUT2D eigenvalue weighted by Gasteiger charge is 2.02. The summed E-state index contributed by atoms with van der Waals surface area (Å²) < 4.78 is 5.39. The molecule has 0 aliphatic rings. The Balaban J connectivity index is 1.70. The SMILES string of the molecule is COc1cccc2ccc(/C=C/c3ccc4ccccc4n3)nc12. The molecule has 0 fully saturated rings. The lowest BCUT2D eigenvalue weighted by Crippen LogP contribution is -1.89. The van der Waals surface area contributed by atoms with Crippen LogP contribution >= 0.6 is 0 Å². The maximum Gasteiger partial charge on any atom is 0.145 e. The fraction of sp³-hybridized carbons (Fsp3) is 0.0476. The number of ether oxygens (including phenoxy) is 1. The molecule has 0 saturated heterocycles. The number of hydrogen-bond acceptors (Lipinski definition) is 3. The van der Waals surface area contributed by atoms with E-state index in [1.165, 1.54) is 0 Å². The number of nitrogens with zero attached hydrogens (tertiary/aromatic N) is 2. The van der Waals surface area contributed by atoms with Crippen molar-refractivity contribution in [1.82, 2.24) is 9.97 Å². The van der Waals surface area contributed by atoms with Gasteiger partial charge in [0.15, 0.2) is 0 Å². The van der Waals surface area contributed by atoms with Crippen LogP contribution in [-0.2, 0) is 0 Å². The second-order valence-electron chi connectivity index (χ2n) is 5.53. The summed E-state index contributed by atoms with van der Waals surface area (Å²) in [5, 5.41) is 2.21. The summed E-state index contributed by atoms with van der Waals surface area (Å²) in [6.45, 7) is 0. The van der Waals surface area contributed by atoms with Gasteiger partial charge in [-0.15, -0.1) is 0 Å². The number of benzene rings is 2. The molecule has 0 unspecified atom stereocenters. The van der Waals surface area contributed by atoms with E-state index in [2.05, 4.69) is 28.2 Å². The van der Waals surface area contributed by atoms with Crippen LogP contribution < -0.4 is 4.74 Å². The van der Waals surface area contributed by atoms with Gasteiger partial charge in [-0.25, -0.2) is 9.97 Å². The zero-order valence-electron chi connectivity index (χ0n) is 13.3. The Hall–Kier alpha value is -3.20. The van der Waals surface area contributed by atoms with E-state index in [1.807, 2.05) is 60.7 Å². The first-order chi connectivity index (χ1) is 11.8. The molecule has 0 aliphatic heterocycles. The molecule has 116 valence electrons. The van der Waals surface area contributed by atoms with E-state index in [0.29, 0.717) is 0 Å². The maximum atomic E-state index is 5.39. The Morgan fingerprint density at radius 1 is 0.708 bits per heavy atom. The zero-order chi connectivity index (χ0) is 16.4. The van der Waals surface area contributed by atoms with Crippen molar-refractivity contribution in [2.45, 2.75) is 0 Å². The van der Waals surface area contributed by atoms with Crippen LogP contribution in [0, 0.1) is 0 Å². The van der Waals surface area contributed by atoms with Gasteiger partial charge in [-0.1, -0.05) is 42.5 Å². The first kappa shape index (κ1) is 14.4. The summed E-state index contributed by atoms with van der Waals surface area (Å²) in [5.74, 6) is 0.784. The largest absolute Gasteiger partial charge is 0.494 e. The van der Waals surface area contributed by atoms with Crippen molar-refractivity contribution in [3.63, 3.8) is 0 Å². The van der Waals surface area contributed by atoms with Gasteiger partial charge in [0.1, 0.15) is 11.3 Å². The molecule has 2 heterocycles. The van der Waals surface area contributed by atoms with E-state index in [9.17, 15) is 0 Å². The van der Waals surface area contributed by atoms with Crippen molar-refractivity contribution in [2.75, 3.05) is 7.11 Å². The zero-order valence-corrected chi connectivity index (χ0v) is 13.3. The maximum absolute atomic E-state index is 5.39. The fourth-order valence-corrected chi connectivity index (χ4v) is 2.74. The van der Waals surface area contributed by atoms with Gasteiger partial charge in [0, 0.05) is 10.8 Å². The first-order valence-corrected chi connectivity index (χ1v) is 7.81. The number of fused-ring (bicyclic) bond motifs is 2. The van der Waals surface area contributed by atoms with Crippen molar-refractivity contribution < 1.29 is 4.74 Å². The van der Waals surface area contributed by atoms with Gasteiger partial charge in [-0.05, 0) is 36.4 Å². The summed E-state index contributed by atoms with van der Waals surface area (Å²) in [4.78, 5) is 9.33. The van der Waals surface area contributed by atoms with Crippen LogP contribution in [0.15, 0.2) is 66.7 Å². The molecular weight excluding hydrogens is 296 g/mol. The summed E-state index contributed by atoms with van der Waals surface area (Å²) in [7, 11) is 1.66. The van der Waals surface area contributed by atoms with E-state index in [0.717, 1.165) is 38.9 Å². The van der Waals surface area contributed by atoms with E-state index in [4.69, 9.17) is 4.74 Å². The molecule has 24 heavy (non-hydrogen) atoms. The summed E-state index contributed by atoms with van der Waals surface area (Å²) in [6.07, 6.45) is 3.96. The second kappa shape index (κ2) is 6.13. The van der Waals surface area contributed by atoms with Gasteiger partial charge in [0.2, 0.25) is 0 Å². The highest BCUT2D eigenvalue weighted by molar-refractivity contribution is 5.86. The quantitative estimate of drug-likeness (QED) is 0.536. The van der Waals surface area contributed by atoms with Crippen LogP contribution in [0.3, 0.4) is 0 Å². The molecule has 2 aromatic heterocycles. The molecule has 0 aliphatic carbocycles. The van der Waals surface area contributed by atoms with Crippen molar-refractivity contribution in [1.29, 1.82) is 0 Å². The molecular formula is C21H16N2O. The average molecular weight is 312 g/mol. The van der Waals surface area contributed by atoms with Crippen molar-refractivity contribution in [3.05, 3.63) is 78.1 Å². The predicted molar refractivity (Wildman–Crippen MR) is 99.0 cm³/mol. The lowest BCUT2D eigenvalue weighted by atomic mass is 10.1. The molecule has 3 heteroatoms. The van der Waals surface area contributed by atoms with Gasteiger partial charge in [0.25, 0.3) is 0 Å². The number of methoxy groups -OCH3 is 1. The third-order valence-corrected chi connectivity index (χ3v) is 3.97. The number of aromatic nitrogens is 2. The Morgan fingerprint density at radius 3 is 2.25 bits per heavy atom. The van der Waals surface area contributed by atoms with E-state index in [-0.39, 0.29) is 0 Å². The van der Waals surface area contributed by atoms with Crippen LogP contribution in [0.5, 0.6) is 5.75 Å². The number of hydrogen-bond donors (Lipinski definition) is 0. The fourth-order valence-electron chi connectivity index (χ4n) is 2.74. The lowest BCUT2D eigenvalue weighted by molar-refractivity contribution is 0.419. The Kier molecular flexibility index (Phi) is 3.67. The number of pyridine rings is 2. The van der Waals surface area contributed by atoms with Crippen molar-refractivity contribution >= 4 is 34.0 Å². The van der Waals surface area contributed by atoms with Crippen LogP contribution in [0.1, 0.15) is 11.4 Å². The first-order valence-electron chi connectivity index (χ1n) is 7.81. The third-order valence-electron chi connectivity index (χ3n) is 3.97. The standard InChI is InChI=1S/C21H16N2O/c1-24-20-8-4-6-16-10-12-18(23-21(16)20)14-13-17-11-9-15-5-2-3-7-19(15)22-17/h2-14H,1H3/b14-13+. The van der Waals surface area contributed by atoms with E-state index < -0.39 is 0 Å². The minimum Gasteiger partial charge on any atom is -0.494 e. The second-order valence-corrected chi connectivity index (χ2v) is 5.53. The molecule has 3 nitrogen and oxygen atoms in total. The van der Waals surface area contributed by atoms with Crippen LogP contribution in [0.25, 0.3) is 34.0 Å². The van der Waals surface area contributed by atoms with Crippen LogP contribution in [0.4, 0.5) is 0 Å². The molecule has 2 aromatic carbocycles. The average Bonchev–Trinajstić information content (AvgIpc) is 2.65. The Labute approximate surface area is 140 Å². The number of para-hydroxylation sites is 2. The lowest BCUT2D eigenvalue weighted by Gasteiger charge is -2.05. The topological polar surface area (TPSA) is 35.0 Å². The molecule has 4 aromatic rings. The molecule has 0 N–H and O–H groups in total. The summed E-state index contributed by atoms with van der Waals surface area (Å²) >= 11 is 0. The molecule has 4 rings (SSSR count). The normalized spacial score (nSPS) is 11.4. The molecule has 0 amide bonds. The Morgan fingerprint density at radius 2 is 1.42 bits per heavy atom. The third kappa shape index (κ3) is 2.72. The van der Waals surface area contributed by atoms with Crippen LogP contribution in [-0.4, -0.2) is 17.1 Å². The molecule has 0 atom stereocenters. The van der Waals surface area contributed by atoms with Gasteiger partial charge < -0.3 is 4.74 Å². The highest BCUT2D eigenvalue weighted by Crippen LogP contribution is 2.24. The molecule has 0 spiro atoms. The molecule has 0 radical (unpaired) electrons. The van der Waals surface area contributed by atoms with Gasteiger partial charge >= 0.3 is 0 Å². The Bertz CT molecular complexity index is 1050. The molecule has 0 saturated carbocycles. The van der Waals surface area contributed by atoms with Crippen molar-refractivity contribution in [2.24, 2.45) is 0 Å². The summed E-state index contributed by atoms with van der Waals surface area (Å²) in [6, 6.07) is 22.2. The van der Waals surface area contributed by atoms with Crippen LogP contribution in [0.2, 0.25) is 0 Å². The van der Waals surface area contributed by atoms with Crippen molar-refractivity contribution in [3.8, 4) is 5.75 Å². The minimum absolute atomic E-state index is 0.784. The number of rotatable bonds is 3. The smallest absolute Gasteiger partial charge is 0.145 e.